The van der Waals surface area contributed by atoms with Gasteiger partial charge in [-0.1, -0.05) is 34.6 Å². The van der Waals surface area contributed by atoms with Gasteiger partial charge in [-0.15, -0.1) is 4.48 Å². The third-order valence-corrected chi connectivity index (χ3v) is 2.57. The lowest BCUT2D eigenvalue weighted by Gasteiger charge is -2.07. The Kier molecular flexibility index (Phi) is 36.0. The molecule has 0 aromatic carbocycles. The van der Waals surface area contributed by atoms with Crippen LogP contribution in [0.25, 0.3) is 0 Å². The SMILES string of the molecule is CC.CC.CCCC(=O)NCCCOCCOCCOCCCNF.[HH].[HH]. The Morgan fingerprint density at radius 3 is 1.72 bits per heavy atom. The number of ether oxygens (including phenoxy) is 3. The highest BCUT2D eigenvalue weighted by molar-refractivity contribution is 5.75. The summed E-state index contributed by atoms with van der Waals surface area (Å²) in [6.07, 6.45) is 2.91. The van der Waals surface area contributed by atoms with Crippen LogP contribution in [0.5, 0.6) is 0 Å². The van der Waals surface area contributed by atoms with Crippen molar-refractivity contribution in [1.29, 1.82) is 0 Å². The second kappa shape index (κ2) is 31.1. The summed E-state index contributed by atoms with van der Waals surface area (Å²) in [5.41, 5.74) is 1.57. The zero-order chi connectivity index (χ0) is 19.6. The largest absolute Gasteiger partial charge is 0.379 e. The van der Waals surface area contributed by atoms with E-state index >= 15 is 0 Å². The van der Waals surface area contributed by atoms with Crippen LogP contribution in [-0.2, 0) is 19.0 Å². The Labute approximate surface area is 157 Å². The van der Waals surface area contributed by atoms with Crippen molar-refractivity contribution < 1.29 is 26.3 Å². The second-order valence-corrected chi connectivity index (χ2v) is 4.53. The number of carbonyl (C=O) groups excluding carboxylic acids is 1. The van der Waals surface area contributed by atoms with Gasteiger partial charge in [0.05, 0.1) is 26.4 Å². The number of halogens is 1. The zero-order valence-corrected chi connectivity index (χ0v) is 17.0. The minimum Gasteiger partial charge on any atom is -0.379 e. The van der Waals surface area contributed by atoms with Crippen LogP contribution in [0.4, 0.5) is 4.48 Å². The van der Waals surface area contributed by atoms with Gasteiger partial charge in [0.2, 0.25) is 5.91 Å². The highest BCUT2D eigenvalue weighted by Crippen LogP contribution is 1.88. The first-order chi connectivity index (χ1) is 12.3. The summed E-state index contributed by atoms with van der Waals surface area (Å²) in [7, 11) is 0. The lowest BCUT2D eigenvalue weighted by molar-refractivity contribution is -0.121. The molecule has 0 aliphatic rings. The minimum atomic E-state index is 0. The number of nitrogens with one attached hydrogen (secondary N) is 2. The van der Waals surface area contributed by atoms with E-state index in [0.717, 1.165) is 12.8 Å². The lowest BCUT2D eigenvalue weighted by atomic mass is 10.3. The first-order valence-corrected chi connectivity index (χ1v) is 9.64. The molecule has 0 fully saturated rings. The fourth-order valence-corrected chi connectivity index (χ4v) is 1.50. The summed E-state index contributed by atoms with van der Waals surface area (Å²) < 4.78 is 27.4. The number of amides is 1. The number of hydrogen-bond donors (Lipinski definition) is 2. The van der Waals surface area contributed by atoms with Crippen LogP contribution in [0, 0.1) is 0 Å². The predicted octanol–water partition coefficient (Wildman–Crippen LogP) is 3.75. The van der Waals surface area contributed by atoms with E-state index in [1.807, 2.05) is 34.6 Å². The Hall–Kier alpha value is -0.760. The molecule has 0 atom stereocenters. The maximum Gasteiger partial charge on any atom is 0.219 e. The number of rotatable bonds is 16. The average molecular weight is 373 g/mol. The summed E-state index contributed by atoms with van der Waals surface area (Å²) in [5.74, 6) is 0.100. The number of carbonyl (C=O) groups is 1. The third kappa shape index (κ3) is 31.5. The van der Waals surface area contributed by atoms with Gasteiger partial charge < -0.3 is 19.5 Å². The van der Waals surface area contributed by atoms with E-state index in [0.29, 0.717) is 65.6 Å². The first kappa shape index (κ1) is 29.0. The van der Waals surface area contributed by atoms with E-state index in [2.05, 4.69) is 5.32 Å². The molecular formula is C18H45FN2O4. The van der Waals surface area contributed by atoms with E-state index in [4.69, 9.17) is 14.2 Å². The topological polar surface area (TPSA) is 68.8 Å². The molecule has 0 aliphatic carbocycles. The molecule has 0 spiro atoms. The smallest absolute Gasteiger partial charge is 0.219 e. The van der Waals surface area contributed by atoms with Gasteiger partial charge in [-0.3, -0.25) is 4.79 Å². The van der Waals surface area contributed by atoms with Crippen LogP contribution in [0.1, 0.15) is 63.2 Å². The van der Waals surface area contributed by atoms with Crippen molar-refractivity contribution in [3.8, 4) is 0 Å². The van der Waals surface area contributed by atoms with E-state index in [9.17, 15) is 9.28 Å². The normalized spacial score (nSPS) is 9.52. The van der Waals surface area contributed by atoms with Crippen LogP contribution in [-0.4, -0.2) is 58.6 Å². The lowest BCUT2D eigenvalue weighted by Crippen LogP contribution is -2.24. The molecule has 0 aliphatic heterocycles. The highest BCUT2D eigenvalue weighted by atomic mass is 19.2. The molecule has 1 amide bonds. The Bertz CT molecular complexity index is 245. The summed E-state index contributed by atoms with van der Waals surface area (Å²) in [6, 6.07) is 0. The van der Waals surface area contributed by atoms with Crippen molar-refractivity contribution in [2.75, 3.05) is 52.7 Å². The maximum absolute atomic E-state index is 11.5. The van der Waals surface area contributed by atoms with Crippen molar-refractivity contribution in [3.05, 3.63) is 0 Å². The fraction of sp³-hybridized carbons (Fsp3) is 0.944. The molecule has 0 aromatic rings. The van der Waals surface area contributed by atoms with E-state index in [1.54, 1.807) is 5.54 Å². The molecule has 0 saturated carbocycles. The van der Waals surface area contributed by atoms with Gasteiger partial charge >= 0.3 is 0 Å². The van der Waals surface area contributed by atoms with E-state index in [-0.39, 0.29) is 8.76 Å². The molecule has 0 unspecified atom stereocenters. The van der Waals surface area contributed by atoms with Crippen molar-refractivity contribution >= 4 is 5.91 Å². The average Bonchev–Trinajstić information content (AvgIpc) is 2.65. The van der Waals surface area contributed by atoms with Gasteiger partial charge in [0.25, 0.3) is 0 Å². The maximum atomic E-state index is 11.5. The summed E-state index contributed by atoms with van der Waals surface area (Å²) in [4.78, 5) is 11.2. The number of hydrogen-bond acceptors (Lipinski definition) is 5. The third-order valence-electron chi connectivity index (χ3n) is 2.57. The van der Waals surface area contributed by atoms with Crippen molar-refractivity contribution in [1.82, 2.24) is 10.9 Å². The molecule has 0 rings (SSSR count). The van der Waals surface area contributed by atoms with Gasteiger partial charge in [0.1, 0.15) is 0 Å². The predicted molar refractivity (Wildman–Crippen MR) is 106 cm³/mol. The standard InChI is InChI=1S/C14H29FN2O4.2C2H6.2H2/c1-2-5-14(18)16-6-3-8-19-10-12-21-13-11-20-9-4-7-17-15;2*1-2;;/h17H,2-13H2,1H3,(H,16,18);2*1-2H3;2*1H. The van der Waals surface area contributed by atoms with Crippen LogP contribution < -0.4 is 10.9 Å². The summed E-state index contributed by atoms with van der Waals surface area (Å²) in [5, 5.41) is 2.83. The summed E-state index contributed by atoms with van der Waals surface area (Å²) in [6.45, 7) is 14.2. The molecule has 0 radical (unpaired) electrons. The molecule has 0 aromatic heterocycles. The monoisotopic (exact) mass is 372 g/mol. The van der Waals surface area contributed by atoms with Crippen molar-refractivity contribution in [2.24, 2.45) is 0 Å². The van der Waals surface area contributed by atoms with Gasteiger partial charge in [0, 0.05) is 35.6 Å². The summed E-state index contributed by atoms with van der Waals surface area (Å²) >= 11 is 0. The molecule has 158 valence electrons. The molecular weight excluding hydrogens is 327 g/mol. The van der Waals surface area contributed by atoms with Crippen LogP contribution >= 0.6 is 0 Å². The van der Waals surface area contributed by atoms with E-state index in [1.165, 1.54) is 0 Å². The van der Waals surface area contributed by atoms with Crippen LogP contribution in [0.2, 0.25) is 0 Å². The van der Waals surface area contributed by atoms with Crippen molar-refractivity contribution in [3.63, 3.8) is 0 Å². The quantitative estimate of drug-likeness (QED) is 0.319. The molecule has 6 nitrogen and oxygen atoms in total. The first-order valence-electron chi connectivity index (χ1n) is 9.64. The Morgan fingerprint density at radius 1 is 0.840 bits per heavy atom. The van der Waals surface area contributed by atoms with Crippen LogP contribution in [0.15, 0.2) is 0 Å². The molecule has 2 N–H and O–H groups in total. The Balaban J connectivity index is -0.000000250. The van der Waals surface area contributed by atoms with Crippen molar-refractivity contribution in [2.45, 2.75) is 60.3 Å². The zero-order valence-electron chi connectivity index (χ0n) is 17.0. The second-order valence-electron chi connectivity index (χ2n) is 4.53. The Morgan fingerprint density at radius 2 is 1.28 bits per heavy atom. The highest BCUT2D eigenvalue weighted by Gasteiger charge is 1.97. The minimum absolute atomic E-state index is 0. The van der Waals surface area contributed by atoms with Crippen LogP contribution in [0.3, 0.4) is 0 Å². The molecule has 0 bridgehead atoms. The fourth-order valence-electron chi connectivity index (χ4n) is 1.50. The van der Waals surface area contributed by atoms with Gasteiger partial charge in [-0.05, 0) is 19.3 Å². The van der Waals surface area contributed by atoms with E-state index < -0.39 is 0 Å². The van der Waals surface area contributed by atoms with Gasteiger partial charge in [0.15, 0.2) is 0 Å². The molecule has 0 heterocycles. The molecule has 25 heavy (non-hydrogen) atoms. The van der Waals surface area contributed by atoms with Gasteiger partial charge in [-0.25, -0.2) is 0 Å². The van der Waals surface area contributed by atoms with Gasteiger partial charge in [-0.2, -0.15) is 5.54 Å². The molecule has 0 saturated heterocycles. The molecule has 7 heteroatoms.